The van der Waals surface area contributed by atoms with E-state index >= 15 is 0 Å². The van der Waals surface area contributed by atoms with Gasteiger partial charge in [-0.15, -0.1) is 0 Å². The summed E-state index contributed by atoms with van der Waals surface area (Å²) in [6.45, 7) is 0.339. The molecule has 0 aliphatic carbocycles. The van der Waals surface area contributed by atoms with Crippen LogP contribution < -0.4 is 5.32 Å². The molecule has 3 rings (SSSR count). The topological polar surface area (TPSA) is 102 Å². The Labute approximate surface area is 173 Å². The molecule has 2 atom stereocenters. The number of rotatable bonds is 8. The molecule has 1 N–H and O–H groups in total. The maximum Gasteiger partial charge on any atom is 0.407 e. The molecule has 0 aromatic heterocycles. The minimum absolute atomic E-state index is 0.245. The average Bonchev–Trinajstić information content (AvgIpc) is 3.25. The minimum Gasteiger partial charge on any atom is -0.459 e. The molecular formula is C20H24N2O6S. The quantitative estimate of drug-likeness (QED) is 0.391. The van der Waals surface area contributed by atoms with Gasteiger partial charge in [-0.25, -0.2) is 4.79 Å². The van der Waals surface area contributed by atoms with Crippen molar-refractivity contribution in [2.45, 2.75) is 37.8 Å². The molecule has 3 amide bonds. The van der Waals surface area contributed by atoms with Crippen LogP contribution in [0.25, 0.3) is 0 Å². The first kappa shape index (κ1) is 21.2. The average molecular weight is 420 g/mol. The molecule has 2 aliphatic rings. The highest BCUT2D eigenvalue weighted by Crippen LogP contribution is 2.24. The molecule has 2 heterocycles. The molecular weight excluding hydrogens is 396 g/mol. The molecule has 9 heteroatoms. The number of carbonyl (C=O) groups excluding carboxylic acids is 4. The van der Waals surface area contributed by atoms with Gasteiger partial charge in [-0.2, -0.15) is 11.8 Å². The van der Waals surface area contributed by atoms with Crippen molar-refractivity contribution in [1.82, 2.24) is 10.2 Å². The van der Waals surface area contributed by atoms with Gasteiger partial charge in [0.2, 0.25) is 0 Å². The number of hydrogen-bond acceptors (Lipinski definition) is 7. The van der Waals surface area contributed by atoms with Gasteiger partial charge < -0.3 is 14.8 Å². The van der Waals surface area contributed by atoms with Crippen molar-refractivity contribution in [2.75, 3.05) is 25.2 Å². The fourth-order valence-electron chi connectivity index (χ4n) is 3.38. The van der Waals surface area contributed by atoms with Crippen molar-refractivity contribution in [3.05, 3.63) is 35.4 Å². The van der Waals surface area contributed by atoms with E-state index in [2.05, 4.69) is 10.1 Å². The van der Waals surface area contributed by atoms with Gasteiger partial charge in [0, 0.05) is 24.5 Å². The summed E-state index contributed by atoms with van der Waals surface area (Å²) in [4.78, 5) is 49.3. The number of nitrogens with zero attached hydrogens (tertiary/aromatic N) is 1. The summed E-state index contributed by atoms with van der Waals surface area (Å²) < 4.78 is 10.1. The molecule has 0 radical (unpaired) electrons. The minimum atomic E-state index is -0.535. The molecule has 0 unspecified atom stereocenters. The monoisotopic (exact) mass is 420 g/mol. The maximum atomic E-state index is 12.3. The highest BCUT2D eigenvalue weighted by atomic mass is 32.2. The lowest BCUT2D eigenvalue weighted by Gasteiger charge is -2.20. The van der Waals surface area contributed by atoms with Gasteiger partial charge in [0.1, 0.15) is 6.10 Å². The number of nitrogens with one attached hydrogen (secondary N) is 1. The zero-order valence-electron chi connectivity index (χ0n) is 16.2. The van der Waals surface area contributed by atoms with Crippen LogP contribution in [0.5, 0.6) is 0 Å². The number of unbranched alkanes of at least 4 members (excludes halogenated alkanes) is 2. The Hall–Kier alpha value is -2.55. The normalized spacial score (nSPS) is 20.5. The number of carbonyl (C=O) groups is 4. The van der Waals surface area contributed by atoms with Crippen molar-refractivity contribution in [3.8, 4) is 0 Å². The number of benzene rings is 1. The third kappa shape index (κ3) is 5.09. The Morgan fingerprint density at radius 3 is 2.45 bits per heavy atom. The largest absolute Gasteiger partial charge is 0.459 e. The third-order valence-corrected chi connectivity index (χ3v) is 6.10. The van der Waals surface area contributed by atoms with Crippen LogP contribution >= 0.6 is 11.8 Å². The van der Waals surface area contributed by atoms with Gasteiger partial charge in [0.25, 0.3) is 11.8 Å². The van der Waals surface area contributed by atoms with E-state index in [4.69, 9.17) is 4.74 Å². The van der Waals surface area contributed by atoms with E-state index < -0.39 is 6.09 Å². The summed E-state index contributed by atoms with van der Waals surface area (Å²) in [5.41, 5.74) is 0.899. The van der Waals surface area contributed by atoms with Gasteiger partial charge in [0.15, 0.2) is 0 Å². The van der Waals surface area contributed by atoms with Crippen LogP contribution in [0.3, 0.4) is 0 Å². The van der Waals surface area contributed by atoms with Crippen LogP contribution in [0.1, 0.15) is 46.4 Å². The lowest BCUT2D eigenvalue weighted by atomic mass is 10.1. The Morgan fingerprint density at radius 2 is 1.79 bits per heavy atom. The van der Waals surface area contributed by atoms with Gasteiger partial charge in [0.05, 0.1) is 24.3 Å². The van der Waals surface area contributed by atoms with Crippen LogP contribution in [0, 0.1) is 0 Å². The highest BCUT2D eigenvalue weighted by molar-refractivity contribution is 7.99. The summed E-state index contributed by atoms with van der Waals surface area (Å²) >= 11 is 1.61. The first-order chi connectivity index (χ1) is 14.0. The number of amides is 3. The van der Waals surface area contributed by atoms with Gasteiger partial charge in [-0.05, 0) is 25.0 Å². The molecule has 1 saturated heterocycles. The number of imide groups is 1. The molecule has 0 saturated carbocycles. The van der Waals surface area contributed by atoms with Gasteiger partial charge >= 0.3 is 12.1 Å². The Balaban J connectivity index is 1.35. The van der Waals surface area contributed by atoms with Crippen LogP contribution in [-0.4, -0.2) is 66.1 Å². The molecule has 1 aromatic carbocycles. The number of hydrogen-bond donors (Lipinski definition) is 1. The van der Waals surface area contributed by atoms with Gasteiger partial charge in [-0.1, -0.05) is 18.6 Å². The molecule has 8 nitrogen and oxygen atoms in total. The molecule has 29 heavy (non-hydrogen) atoms. The number of methoxy groups -OCH3 is 1. The summed E-state index contributed by atoms with van der Waals surface area (Å²) in [6, 6.07) is 6.57. The number of esters is 1. The Bertz CT molecular complexity index is 764. The van der Waals surface area contributed by atoms with Crippen molar-refractivity contribution in [2.24, 2.45) is 0 Å². The number of fused-ring (bicyclic) bond motifs is 1. The first-order valence-electron chi connectivity index (χ1n) is 9.58. The maximum absolute atomic E-state index is 12.3. The lowest BCUT2D eigenvalue weighted by Crippen LogP contribution is -2.44. The molecule has 0 bridgehead atoms. The first-order valence-corrected chi connectivity index (χ1v) is 10.7. The SMILES string of the molecule is COC(=O)N[C@H]1CSC[C@@H]1OC(=O)CCCCCN1C(=O)c2ccccc2C1=O. The second kappa shape index (κ2) is 9.78. The second-order valence-electron chi connectivity index (χ2n) is 6.93. The fourth-order valence-corrected chi connectivity index (χ4v) is 4.60. The van der Waals surface area contributed by atoms with Crippen molar-refractivity contribution in [1.29, 1.82) is 0 Å². The molecule has 0 spiro atoms. The van der Waals surface area contributed by atoms with E-state index in [1.54, 1.807) is 36.0 Å². The van der Waals surface area contributed by atoms with Crippen LogP contribution in [-0.2, 0) is 14.3 Å². The standard InChI is InChI=1S/C20H24N2O6S/c1-27-20(26)21-15-11-29-12-16(15)28-17(23)9-3-2-6-10-22-18(24)13-7-4-5-8-14(13)19(22)25/h4-5,7-8,15-16H,2-3,6,9-12H2,1H3,(H,21,26)/t15-,16-/m0/s1. The predicted octanol–water partition coefficient (Wildman–Crippen LogP) is 2.23. The predicted molar refractivity (Wildman–Crippen MR) is 107 cm³/mol. The molecule has 1 fully saturated rings. The van der Waals surface area contributed by atoms with E-state index in [1.807, 2.05) is 0 Å². The Morgan fingerprint density at radius 1 is 1.10 bits per heavy atom. The van der Waals surface area contributed by atoms with Crippen molar-refractivity contribution < 1.29 is 28.7 Å². The molecule has 156 valence electrons. The van der Waals surface area contributed by atoms with Gasteiger partial charge in [-0.3, -0.25) is 19.3 Å². The van der Waals surface area contributed by atoms with E-state index in [-0.39, 0.29) is 36.4 Å². The van der Waals surface area contributed by atoms with E-state index in [0.29, 0.717) is 48.4 Å². The summed E-state index contributed by atoms with van der Waals surface area (Å²) in [7, 11) is 1.29. The zero-order valence-corrected chi connectivity index (χ0v) is 17.0. The number of thioether (sulfide) groups is 1. The number of alkyl carbamates (subject to hydrolysis) is 1. The highest BCUT2D eigenvalue weighted by Gasteiger charge is 2.34. The number of ether oxygens (including phenoxy) is 2. The fraction of sp³-hybridized carbons (Fsp3) is 0.500. The van der Waals surface area contributed by atoms with Crippen molar-refractivity contribution in [3.63, 3.8) is 0 Å². The van der Waals surface area contributed by atoms with E-state index in [0.717, 1.165) is 0 Å². The van der Waals surface area contributed by atoms with Crippen LogP contribution in [0.4, 0.5) is 4.79 Å². The Kier molecular flexibility index (Phi) is 7.13. The van der Waals surface area contributed by atoms with Crippen LogP contribution in [0.15, 0.2) is 24.3 Å². The summed E-state index contributed by atoms with van der Waals surface area (Å²) in [5, 5.41) is 2.68. The van der Waals surface area contributed by atoms with E-state index in [1.165, 1.54) is 12.0 Å². The van der Waals surface area contributed by atoms with Crippen LogP contribution in [0.2, 0.25) is 0 Å². The van der Waals surface area contributed by atoms with E-state index in [9.17, 15) is 19.2 Å². The zero-order chi connectivity index (χ0) is 20.8. The summed E-state index contributed by atoms with van der Waals surface area (Å²) in [5.74, 6) is 0.490. The smallest absolute Gasteiger partial charge is 0.407 e. The molecule has 2 aliphatic heterocycles. The molecule has 1 aromatic rings. The summed E-state index contributed by atoms with van der Waals surface area (Å²) in [6.07, 6.45) is 1.30. The van der Waals surface area contributed by atoms with Crippen molar-refractivity contribution >= 4 is 35.6 Å². The third-order valence-electron chi connectivity index (χ3n) is 4.94. The second-order valence-corrected chi connectivity index (χ2v) is 8.00. The lowest BCUT2D eigenvalue weighted by molar-refractivity contribution is -0.148.